The Bertz CT molecular complexity index is 767. The van der Waals surface area contributed by atoms with Crippen molar-refractivity contribution in [2.45, 2.75) is 58.2 Å². The lowest BCUT2D eigenvalue weighted by molar-refractivity contribution is -0.132. The molecule has 0 aromatic carbocycles. The fourth-order valence-corrected chi connectivity index (χ4v) is 4.70. The largest absolute Gasteiger partial charge is 0.444 e. The number of ether oxygens (including phenoxy) is 1. The second-order valence-electron chi connectivity index (χ2n) is 10.2. The lowest BCUT2D eigenvalue weighted by Gasteiger charge is -2.39. The summed E-state index contributed by atoms with van der Waals surface area (Å²) in [5.41, 5.74) is -0.579. The van der Waals surface area contributed by atoms with Gasteiger partial charge in [-0.25, -0.2) is 9.78 Å². The highest BCUT2D eigenvalue weighted by Crippen LogP contribution is 2.30. The highest BCUT2D eigenvalue weighted by atomic mass is 16.6. The molecule has 1 aromatic heterocycles. The molecule has 2 amide bonds. The first-order valence-corrected chi connectivity index (χ1v) is 11.7. The van der Waals surface area contributed by atoms with E-state index in [0.717, 1.165) is 64.2 Å². The highest BCUT2D eigenvalue weighted by molar-refractivity contribution is 5.82. The molecule has 0 unspecified atom stereocenters. The van der Waals surface area contributed by atoms with Crippen LogP contribution in [0.3, 0.4) is 0 Å². The van der Waals surface area contributed by atoms with Crippen molar-refractivity contribution in [2.24, 2.45) is 18.9 Å². The third kappa shape index (κ3) is 6.93. The number of likely N-dealkylation sites (tertiary alicyclic amines) is 2. The molecule has 2 N–H and O–H groups in total. The first kappa shape index (κ1) is 24.5. The van der Waals surface area contributed by atoms with Gasteiger partial charge in [0, 0.05) is 39.1 Å². The molecule has 0 radical (unpaired) electrons. The number of hydrogen-bond acceptors (Lipinski definition) is 6. The molecule has 3 heterocycles. The molecule has 2 aliphatic heterocycles. The lowest BCUT2D eigenvalue weighted by atomic mass is 9.89. The number of nitrogens with zero attached hydrogens (tertiary/aromatic N) is 4. The van der Waals surface area contributed by atoms with Gasteiger partial charge in [0.25, 0.3) is 0 Å². The summed E-state index contributed by atoms with van der Waals surface area (Å²) in [6, 6.07) is 0. The molecule has 0 saturated carbocycles. The van der Waals surface area contributed by atoms with E-state index in [2.05, 4.69) is 15.2 Å². The highest BCUT2D eigenvalue weighted by Gasteiger charge is 2.31. The molecule has 9 heteroatoms. The normalized spacial score (nSPS) is 21.9. The van der Waals surface area contributed by atoms with Crippen molar-refractivity contribution in [3.8, 4) is 0 Å². The summed E-state index contributed by atoms with van der Waals surface area (Å²) in [5, 5.41) is 13.3. The van der Waals surface area contributed by atoms with Gasteiger partial charge < -0.3 is 29.5 Å². The van der Waals surface area contributed by atoms with Crippen LogP contribution in [-0.2, 0) is 16.6 Å². The van der Waals surface area contributed by atoms with Gasteiger partial charge in [0.05, 0.1) is 0 Å². The number of alkyl carbamates (subject to hydrolysis) is 1. The van der Waals surface area contributed by atoms with Gasteiger partial charge in [0.1, 0.15) is 24.1 Å². The van der Waals surface area contributed by atoms with Gasteiger partial charge in [0.2, 0.25) is 5.91 Å². The molecule has 32 heavy (non-hydrogen) atoms. The molecule has 1 aromatic rings. The first-order valence-electron chi connectivity index (χ1n) is 11.7. The van der Waals surface area contributed by atoms with Gasteiger partial charge >= 0.3 is 6.09 Å². The summed E-state index contributed by atoms with van der Waals surface area (Å²) in [5.74, 6) is 1.35. The van der Waals surface area contributed by atoms with E-state index >= 15 is 0 Å². The monoisotopic (exact) mass is 449 g/mol. The molecule has 2 saturated heterocycles. The topological polar surface area (TPSA) is 99.9 Å². The van der Waals surface area contributed by atoms with Crippen molar-refractivity contribution < 1.29 is 19.4 Å². The minimum absolute atomic E-state index is 0.0297. The average molecular weight is 450 g/mol. The fourth-order valence-electron chi connectivity index (χ4n) is 4.70. The van der Waals surface area contributed by atoms with Gasteiger partial charge in [-0.05, 0) is 71.4 Å². The van der Waals surface area contributed by atoms with Gasteiger partial charge in [-0.1, -0.05) is 0 Å². The molecule has 2 fully saturated rings. The number of amides is 2. The zero-order chi connectivity index (χ0) is 23.3. The fraction of sp³-hybridized carbons (Fsp3) is 0.783. The third-order valence-electron chi connectivity index (χ3n) is 6.37. The second-order valence-corrected chi connectivity index (χ2v) is 10.2. The van der Waals surface area contributed by atoms with Gasteiger partial charge in [0.15, 0.2) is 0 Å². The van der Waals surface area contributed by atoms with E-state index in [9.17, 15) is 14.7 Å². The Labute approximate surface area is 191 Å². The van der Waals surface area contributed by atoms with E-state index < -0.39 is 17.8 Å². The molecule has 180 valence electrons. The van der Waals surface area contributed by atoms with Crippen molar-refractivity contribution in [1.82, 2.24) is 24.7 Å². The molecular weight excluding hydrogens is 410 g/mol. The van der Waals surface area contributed by atoms with Crippen molar-refractivity contribution in [2.75, 3.05) is 39.3 Å². The number of imidazole rings is 1. The maximum atomic E-state index is 12.6. The van der Waals surface area contributed by atoms with Crippen molar-refractivity contribution >= 4 is 12.0 Å². The Balaban J connectivity index is 1.40. The van der Waals surface area contributed by atoms with Crippen molar-refractivity contribution in [1.29, 1.82) is 0 Å². The Morgan fingerprint density at radius 1 is 1.25 bits per heavy atom. The molecule has 0 aliphatic carbocycles. The SMILES string of the molecule is Cn1ccnc1[C@H](O)C1CCN(C[C@H]2CCCN(C(=O)CNC(=O)OC(C)(C)C)C2)CC1. The molecule has 2 atom stereocenters. The van der Waals surface area contributed by atoms with Crippen LogP contribution in [0.5, 0.6) is 0 Å². The zero-order valence-electron chi connectivity index (χ0n) is 19.9. The minimum atomic E-state index is -0.579. The van der Waals surface area contributed by atoms with E-state index in [0.29, 0.717) is 5.92 Å². The summed E-state index contributed by atoms with van der Waals surface area (Å²) in [6.45, 7) is 9.71. The first-order chi connectivity index (χ1) is 15.1. The van der Waals surface area contributed by atoms with E-state index in [4.69, 9.17) is 4.74 Å². The number of carbonyl (C=O) groups is 2. The van der Waals surface area contributed by atoms with Crippen molar-refractivity contribution in [3.63, 3.8) is 0 Å². The maximum Gasteiger partial charge on any atom is 0.408 e. The van der Waals surface area contributed by atoms with E-state index in [-0.39, 0.29) is 18.4 Å². The number of aliphatic hydroxyl groups excluding tert-OH is 1. The molecule has 0 spiro atoms. The van der Waals surface area contributed by atoms with Crippen LogP contribution < -0.4 is 5.32 Å². The van der Waals surface area contributed by atoms with Gasteiger partial charge in [-0.2, -0.15) is 0 Å². The number of aliphatic hydroxyl groups is 1. The Kier molecular flexibility index (Phi) is 8.16. The summed E-state index contributed by atoms with van der Waals surface area (Å²) in [4.78, 5) is 33.0. The number of aryl methyl sites for hydroxylation is 1. The third-order valence-corrected chi connectivity index (χ3v) is 6.37. The Morgan fingerprint density at radius 3 is 2.59 bits per heavy atom. The molecule has 2 aliphatic rings. The Hall–Kier alpha value is -2.13. The van der Waals surface area contributed by atoms with E-state index in [1.807, 2.05) is 22.7 Å². The van der Waals surface area contributed by atoms with Crippen LogP contribution in [0.2, 0.25) is 0 Å². The van der Waals surface area contributed by atoms with Crippen LogP contribution >= 0.6 is 0 Å². The number of piperidine rings is 2. The predicted molar refractivity (Wildman–Crippen MR) is 121 cm³/mol. The number of carbonyl (C=O) groups excluding carboxylic acids is 2. The number of aromatic nitrogens is 2. The number of rotatable bonds is 6. The van der Waals surface area contributed by atoms with Crippen LogP contribution in [0, 0.1) is 11.8 Å². The molecular formula is C23H39N5O4. The smallest absolute Gasteiger partial charge is 0.408 e. The minimum Gasteiger partial charge on any atom is -0.444 e. The van der Waals surface area contributed by atoms with Crippen LogP contribution in [0.4, 0.5) is 4.79 Å². The summed E-state index contributed by atoms with van der Waals surface area (Å²) < 4.78 is 7.09. The lowest BCUT2D eigenvalue weighted by Crippen LogP contribution is -2.48. The average Bonchev–Trinajstić information content (AvgIpc) is 3.17. The van der Waals surface area contributed by atoms with E-state index in [1.54, 1.807) is 27.0 Å². The maximum absolute atomic E-state index is 12.6. The van der Waals surface area contributed by atoms with Crippen LogP contribution in [0.15, 0.2) is 12.4 Å². The van der Waals surface area contributed by atoms with Gasteiger partial charge in [-0.15, -0.1) is 0 Å². The van der Waals surface area contributed by atoms with Gasteiger partial charge in [-0.3, -0.25) is 4.79 Å². The standard InChI is InChI=1S/C23H39N5O4/c1-23(2,3)32-22(31)25-14-19(29)28-10-5-6-17(16-28)15-27-11-7-18(8-12-27)20(30)21-24-9-13-26(21)4/h9,13,17-18,20,30H,5-8,10-12,14-16H2,1-4H3,(H,25,31)/t17-,20-/m1/s1. The number of hydrogen-bond donors (Lipinski definition) is 2. The number of nitrogens with one attached hydrogen (secondary N) is 1. The Morgan fingerprint density at radius 2 is 1.97 bits per heavy atom. The predicted octanol–water partition coefficient (Wildman–Crippen LogP) is 1.93. The second kappa shape index (κ2) is 10.7. The van der Waals surface area contributed by atoms with E-state index in [1.165, 1.54) is 0 Å². The summed E-state index contributed by atoms with van der Waals surface area (Å²) in [7, 11) is 1.92. The molecule has 9 nitrogen and oxygen atoms in total. The quantitative estimate of drug-likeness (QED) is 0.688. The zero-order valence-corrected chi connectivity index (χ0v) is 19.9. The van der Waals surface area contributed by atoms with Crippen LogP contribution in [0.1, 0.15) is 58.4 Å². The van der Waals surface area contributed by atoms with Crippen molar-refractivity contribution in [3.05, 3.63) is 18.2 Å². The summed E-state index contributed by atoms with van der Waals surface area (Å²) in [6.07, 6.45) is 6.51. The van der Waals surface area contributed by atoms with Crippen LogP contribution in [-0.4, -0.2) is 81.3 Å². The summed E-state index contributed by atoms with van der Waals surface area (Å²) >= 11 is 0. The molecule has 3 rings (SSSR count). The van der Waals surface area contributed by atoms with Crippen LogP contribution in [0.25, 0.3) is 0 Å². The molecule has 0 bridgehead atoms.